The molecular weight excluding hydrogens is 493 g/mol. The number of fused-ring (bicyclic) bond motifs is 1. The minimum Gasteiger partial charge on any atom is -0.457 e. The Balaban J connectivity index is 1.24. The van der Waals surface area contributed by atoms with Crippen LogP contribution in [0.25, 0.3) is 32.9 Å². The van der Waals surface area contributed by atoms with Crippen molar-refractivity contribution in [3.8, 4) is 21.9 Å². The normalized spacial score (nSPS) is 11.5. The van der Waals surface area contributed by atoms with Gasteiger partial charge in [-0.05, 0) is 54.6 Å². The fourth-order valence-electron chi connectivity index (χ4n) is 3.31. The first-order chi connectivity index (χ1) is 16.5. The summed E-state index contributed by atoms with van der Waals surface area (Å²) in [4.78, 5) is 13.1. The van der Waals surface area contributed by atoms with Crippen molar-refractivity contribution in [2.75, 3.05) is 5.32 Å². The van der Waals surface area contributed by atoms with Crippen LogP contribution in [0, 0.1) is 0 Å². The lowest BCUT2D eigenvalue weighted by atomic mass is 10.2. The minimum absolute atomic E-state index is 0.280. The van der Waals surface area contributed by atoms with E-state index in [1.54, 1.807) is 34.9 Å². The van der Waals surface area contributed by atoms with Crippen LogP contribution in [0.2, 0.25) is 10.0 Å². The van der Waals surface area contributed by atoms with Gasteiger partial charge in [0, 0.05) is 29.3 Å². The second kappa shape index (κ2) is 9.42. The number of aryl methyl sites for hydroxylation is 1. The van der Waals surface area contributed by atoms with Crippen molar-refractivity contribution in [1.29, 1.82) is 0 Å². The number of aromatic nitrogens is 4. The van der Waals surface area contributed by atoms with Gasteiger partial charge in [0.25, 0.3) is 0 Å². The summed E-state index contributed by atoms with van der Waals surface area (Å²) in [6, 6.07) is 16.3. The van der Waals surface area contributed by atoms with Gasteiger partial charge in [0.15, 0.2) is 5.82 Å². The second-order valence-corrected chi connectivity index (χ2v) is 9.02. The lowest BCUT2D eigenvalue weighted by Crippen LogP contribution is -2.07. The number of carbonyl (C=O) groups is 1. The van der Waals surface area contributed by atoms with Crippen molar-refractivity contribution >= 4 is 57.2 Å². The summed E-state index contributed by atoms with van der Waals surface area (Å²) in [7, 11) is 0. The number of benzene rings is 2. The molecule has 0 saturated carbocycles. The topological polar surface area (TPSA) is 85.3 Å². The summed E-state index contributed by atoms with van der Waals surface area (Å²) in [5.41, 5.74) is 2.30. The molecule has 3 heterocycles. The van der Waals surface area contributed by atoms with Crippen molar-refractivity contribution in [3.63, 3.8) is 0 Å². The quantitative estimate of drug-likeness (QED) is 0.259. The zero-order chi connectivity index (χ0) is 23.7. The van der Waals surface area contributed by atoms with E-state index >= 15 is 0 Å². The number of nitrogens with zero attached hydrogens (tertiary/aromatic N) is 4. The lowest BCUT2D eigenvalue weighted by molar-refractivity contribution is -0.111. The molecule has 0 aliphatic rings. The number of furan rings is 1. The van der Waals surface area contributed by atoms with Crippen LogP contribution in [0.3, 0.4) is 0 Å². The summed E-state index contributed by atoms with van der Waals surface area (Å²) < 4.78 is 7.54. The molecule has 10 heteroatoms. The maximum absolute atomic E-state index is 12.4. The number of hydrogen-bond acceptors (Lipinski definition) is 6. The molecule has 2 aromatic carbocycles. The predicted octanol–water partition coefficient (Wildman–Crippen LogP) is 6.63. The number of hydrogen-bond donors (Lipinski definition) is 1. The third-order valence-electron chi connectivity index (χ3n) is 5.01. The van der Waals surface area contributed by atoms with Gasteiger partial charge < -0.3 is 9.73 Å². The van der Waals surface area contributed by atoms with Gasteiger partial charge in [-0.2, -0.15) is 9.61 Å². The van der Waals surface area contributed by atoms with Crippen molar-refractivity contribution in [2.45, 2.75) is 13.3 Å². The molecule has 5 aromatic rings. The molecule has 3 aromatic heterocycles. The van der Waals surface area contributed by atoms with E-state index in [1.165, 1.54) is 17.4 Å². The summed E-state index contributed by atoms with van der Waals surface area (Å²) >= 11 is 13.8. The Bertz CT molecular complexity index is 1520. The lowest BCUT2D eigenvalue weighted by Gasteiger charge is -2.03. The number of nitrogens with one attached hydrogen (secondary N) is 1. The van der Waals surface area contributed by atoms with Crippen LogP contribution >= 0.6 is 34.5 Å². The number of rotatable bonds is 6. The van der Waals surface area contributed by atoms with Crippen molar-refractivity contribution < 1.29 is 9.21 Å². The van der Waals surface area contributed by atoms with Crippen molar-refractivity contribution in [2.24, 2.45) is 0 Å². The second-order valence-electron chi connectivity index (χ2n) is 7.27. The highest BCUT2D eigenvalue weighted by molar-refractivity contribution is 7.19. The highest BCUT2D eigenvalue weighted by Crippen LogP contribution is 2.34. The average Bonchev–Trinajstić information content (AvgIpc) is 3.56. The molecule has 0 spiro atoms. The van der Waals surface area contributed by atoms with Gasteiger partial charge in [-0.15, -0.1) is 10.2 Å². The van der Waals surface area contributed by atoms with Gasteiger partial charge in [-0.3, -0.25) is 4.79 Å². The molecule has 0 radical (unpaired) electrons. The Kier molecular flexibility index (Phi) is 6.19. The SMILES string of the molecule is CCc1nnc2sc(-c3ccc(NC(=O)C=Cc4ccc(-c5cccc(Cl)c5Cl)o4)cc3)nn12. The first kappa shape index (κ1) is 22.3. The summed E-state index contributed by atoms with van der Waals surface area (Å²) in [6.45, 7) is 2.01. The van der Waals surface area contributed by atoms with E-state index in [4.69, 9.17) is 27.6 Å². The predicted molar refractivity (Wildman–Crippen MR) is 135 cm³/mol. The molecule has 0 fully saturated rings. The molecule has 5 rings (SSSR count). The van der Waals surface area contributed by atoms with Gasteiger partial charge in [0.1, 0.15) is 16.5 Å². The third-order valence-corrected chi connectivity index (χ3v) is 6.78. The molecule has 0 unspecified atom stereocenters. The van der Waals surface area contributed by atoms with E-state index < -0.39 is 0 Å². The van der Waals surface area contributed by atoms with Crippen LogP contribution in [0.1, 0.15) is 18.5 Å². The van der Waals surface area contributed by atoms with Gasteiger partial charge in [-0.25, -0.2) is 0 Å². The fraction of sp³-hybridized carbons (Fsp3) is 0.0833. The molecule has 1 amide bonds. The van der Waals surface area contributed by atoms with Crippen LogP contribution < -0.4 is 5.32 Å². The van der Waals surface area contributed by atoms with Gasteiger partial charge in [-0.1, -0.05) is 47.5 Å². The van der Waals surface area contributed by atoms with E-state index in [1.807, 2.05) is 37.3 Å². The number of carbonyl (C=O) groups excluding carboxylic acids is 1. The number of amides is 1. The van der Waals surface area contributed by atoms with Crippen LogP contribution in [-0.2, 0) is 11.2 Å². The number of anilines is 1. The van der Waals surface area contributed by atoms with Gasteiger partial charge >= 0.3 is 0 Å². The molecule has 0 saturated heterocycles. The average molecular weight is 510 g/mol. The Morgan fingerprint density at radius 1 is 1.12 bits per heavy atom. The number of halogens is 2. The molecule has 0 aliphatic carbocycles. The van der Waals surface area contributed by atoms with E-state index in [9.17, 15) is 4.79 Å². The summed E-state index contributed by atoms with van der Waals surface area (Å²) in [5.74, 6) is 1.64. The highest BCUT2D eigenvalue weighted by Gasteiger charge is 2.12. The summed E-state index contributed by atoms with van der Waals surface area (Å²) in [5, 5.41) is 17.4. The molecule has 7 nitrogen and oxygen atoms in total. The Morgan fingerprint density at radius 2 is 1.94 bits per heavy atom. The minimum atomic E-state index is -0.280. The van der Waals surface area contributed by atoms with E-state index in [0.29, 0.717) is 32.8 Å². The van der Waals surface area contributed by atoms with Crippen LogP contribution in [0.15, 0.2) is 65.1 Å². The third kappa shape index (κ3) is 4.48. The zero-order valence-electron chi connectivity index (χ0n) is 17.8. The Labute approximate surface area is 208 Å². The van der Waals surface area contributed by atoms with Gasteiger partial charge in [0.05, 0.1) is 10.0 Å². The first-order valence-corrected chi connectivity index (χ1v) is 11.9. The monoisotopic (exact) mass is 509 g/mol. The van der Waals surface area contributed by atoms with Crippen molar-refractivity contribution in [3.05, 3.63) is 82.3 Å². The molecule has 0 bridgehead atoms. The molecule has 0 atom stereocenters. The Hall–Kier alpha value is -3.46. The smallest absolute Gasteiger partial charge is 0.248 e. The maximum atomic E-state index is 12.4. The van der Waals surface area contributed by atoms with Gasteiger partial charge in [0.2, 0.25) is 10.9 Å². The van der Waals surface area contributed by atoms with E-state index in [-0.39, 0.29) is 5.91 Å². The molecular formula is C24H17Cl2N5O2S. The van der Waals surface area contributed by atoms with Crippen LogP contribution in [0.4, 0.5) is 5.69 Å². The van der Waals surface area contributed by atoms with E-state index in [0.717, 1.165) is 27.8 Å². The molecule has 1 N–H and O–H groups in total. The first-order valence-electron chi connectivity index (χ1n) is 10.4. The van der Waals surface area contributed by atoms with E-state index in [2.05, 4.69) is 20.6 Å². The highest BCUT2D eigenvalue weighted by atomic mass is 35.5. The van der Waals surface area contributed by atoms with Crippen LogP contribution in [-0.4, -0.2) is 25.7 Å². The fourth-order valence-corrected chi connectivity index (χ4v) is 4.57. The molecule has 0 aliphatic heterocycles. The van der Waals surface area contributed by atoms with Crippen LogP contribution in [0.5, 0.6) is 0 Å². The molecule has 34 heavy (non-hydrogen) atoms. The standard InChI is InChI=1S/C24H17Cl2N5O2S/c1-2-20-28-29-24-31(20)30-23(34-24)14-6-8-15(9-7-14)27-21(32)13-11-16-10-12-19(33-16)17-4-3-5-18(25)22(17)26/h3-13H,2H2,1H3,(H,27,32). The largest absolute Gasteiger partial charge is 0.457 e. The van der Waals surface area contributed by atoms with Crippen molar-refractivity contribution in [1.82, 2.24) is 19.8 Å². The molecule has 170 valence electrons. The Morgan fingerprint density at radius 3 is 2.74 bits per heavy atom. The summed E-state index contributed by atoms with van der Waals surface area (Å²) in [6.07, 6.45) is 3.76. The maximum Gasteiger partial charge on any atom is 0.248 e. The zero-order valence-corrected chi connectivity index (χ0v) is 20.2.